The Bertz CT molecular complexity index is 505. The normalized spacial score (nSPS) is 10.4. The van der Waals surface area contributed by atoms with Crippen LogP contribution in [0, 0.1) is 0 Å². The minimum atomic E-state index is 0.738. The van der Waals surface area contributed by atoms with Crippen LogP contribution in [-0.4, -0.2) is 6.54 Å². The summed E-state index contributed by atoms with van der Waals surface area (Å²) in [5, 5.41) is 0. The summed E-state index contributed by atoms with van der Waals surface area (Å²) in [5.74, 6) is 1.83. The molecule has 100 valence electrons. The molecule has 2 rings (SSSR count). The van der Waals surface area contributed by atoms with Crippen LogP contribution in [0.25, 0.3) is 0 Å². The summed E-state index contributed by atoms with van der Waals surface area (Å²) in [5.41, 5.74) is 8.05. The van der Waals surface area contributed by atoms with E-state index in [2.05, 4.69) is 25.1 Å². The molecule has 0 radical (unpaired) electrons. The second-order valence-electron chi connectivity index (χ2n) is 4.60. The summed E-state index contributed by atoms with van der Waals surface area (Å²) in [4.78, 5) is 0. The van der Waals surface area contributed by atoms with E-state index < -0.39 is 0 Å². The van der Waals surface area contributed by atoms with Gasteiger partial charge in [-0.2, -0.15) is 0 Å². The maximum absolute atomic E-state index is 5.94. The molecule has 0 aliphatic heterocycles. The molecule has 0 spiro atoms. The molecule has 19 heavy (non-hydrogen) atoms. The molecule has 0 saturated carbocycles. The molecule has 0 atom stereocenters. The van der Waals surface area contributed by atoms with Crippen LogP contribution in [0.5, 0.6) is 11.5 Å². The topological polar surface area (TPSA) is 35.2 Å². The summed E-state index contributed by atoms with van der Waals surface area (Å²) in [6, 6.07) is 16.4. The van der Waals surface area contributed by atoms with Crippen molar-refractivity contribution in [2.75, 3.05) is 6.54 Å². The monoisotopic (exact) mass is 255 g/mol. The van der Waals surface area contributed by atoms with Crippen LogP contribution >= 0.6 is 0 Å². The number of rotatable bonds is 6. The van der Waals surface area contributed by atoms with Gasteiger partial charge >= 0.3 is 0 Å². The van der Waals surface area contributed by atoms with Gasteiger partial charge in [0, 0.05) is 0 Å². The van der Waals surface area contributed by atoms with Crippen LogP contribution in [0.3, 0.4) is 0 Å². The Morgan fingerprint density at radius 3 is 2.42 bits per heavy atom. The fraction of sp³-hybridized carbons (Fsp3) is 0.294. The first-order valence-corrected chi connectivity index (χ1v) is 6.88. The van der Waals surface area contributed by atoms with E-state index in [1.807, 2.05) is 30.3 Å². The zero-order chi connectivity index (χ0) is 13.5. The van der Waals surface area contributed by atoms with Crippen molar-refractivity contribution in [3.63, 3.8) is 0 Å². The average Bonchev–Trinajstić information content (AvgIpc) is 2.47. The highest BCUT2D eigenvalue weighted by Gasteiger charge is 2.02. The molecular formula is C17H21NO. The number of aryl methyl sites for hydroxylation is 2. The van der Waals surface area contributed by atoms with Crippen molar-refractivity contribution in [1.82, 2.24) is 0 Å². The lowest BCUT2D eigenvalue weighted by molar-refractivity contribution is 0.476. The van der Waals surface area contributed by atoms with Gasteiger partial charge in [-0.3, -0.25) is 0 Å². The van der Waals surface area contributed by atoms with Gasteiger partial charge in [0.15, 0.2) is 0 Å². The Morgan fingerprint density at radius 1 is 1.00 bits per heavy atom. The fourth-order valence-corrected chi connectivity index (χ4v) is 2.05. The van der Waals surface area contributed by atoms with Gasteiger partial charge in [-0.15, -0.1) is 0 Å². The van der Waals surface area contributed by atoms with Crippen molar-refractivity contribution in [2.24, 2.45) is 5.73 Å². The molecule has 2 aromatic carbocycles. The molecule has 2 nitrogen and oxygen atoms in total. The molecule has 2 heteroatoms. The molecule has 0 amide bonds. The summed E-state index contributed by atoms with van der Waals surface area (Å²) >= 11 is 0. The highest BCUT2D eigenvalue weighted by Crippen LogP contribution is 2.25. The summed E-state index contributed by atoms with van der Waals surface area (Å²) in [6.07, 6.45) is 3.03. The third-order valence-electron chi connectivity index (χ3n) is 3.17. The van der Waals surface area contributed by atoms with Crippen LogP contribution in [0.1, 0.15) is 24.5 Å². The van der Waals surface area contributed by atoms with Gasteiger partial charge in [-0.1, -0.05) is 37.3 Å². The van der Waals surface area contributed by atoms with Crippen molar-refractivity contribution < 1.29 is 4.74 Å². The van der Waals surface area contributed by atoms with Crippen molar-refractivity contribution in [3.8, 4) is 11.5 Å². The van der Waals surface area contributed by atoms with Crippen LogP contribution in [0.2, 0.25) is 0 Å². The van der Waals surface area contributed by atoms with E-state index >= 15 is 0 Å². The summed E-state index contributed by atoms with van der Waals surface area (Å²) in [7, 11) is 0. The van der Waals surface area contributed by atoms with Gasteiger partial charge in [-0.25, -0.2) is 0 Å². The quantitative estimate of drug-likeness (QED) is 0.848. The van der Waals surface area contributed by atoms with Crippen molar-refractivity contribution >= 4 is 0 Å². The van der Waals surface area contributed by atoms with E-state index in [4.69, 9.17) is 10.5 Å². The zero-order valence-corrected chi connectivity index (χ0v) is 11.4. The van der Waals surface area contributed by atoms with Gasteiger partial charge in [0.2, 0.25) is 0 Å². The molecule has 0 saturated heterocycles. The van der Waals surface area contributed by atoms with E-state index in [0.29, 0.717) is 0 Å². The molecule has 0 aliphatic carbocycles. The number of benzene rings is 2. The lowest BCUT2D eigenvalue weighted by atomic mass is 10.1. The Labute approximate surface area is 115 Å². The third kappa shape index (κ3) is 3.83. The standard InChI is InChI=1S/C17H21NO/c1-2-15-7-3-4-8-17(15)19-16-11-9-14(10-12-16)6-5-13-18/h3-4,7-12H,2,5-6,13,18H2,1H3. The van der Waals surface area contributed by atoms with Gasteiger partial charge in [0.1, 0.15) is 11.5 Å². The maximum Gasteiger partial charge on any atom is 0.130 e. The molecule has 0 heterocycles. The predicted octanol–water partition coefficient (Wildman–Crippen LogP) is 3.93. The molecule has 0 aliphatic rings. The van der Waals surface area contributed by atoms with Gasteiger partial charge in [-0.05, 0) is 55.1 Å². The molecular weight excluding hydrogens is 234 g/mol. The molecule has 2 aromatic rings. The highest BCUT2D eigenvalue weighted by atomic mass is 16.5. The number of nitrogens with two attached hydrogens (primary N) is 1. The number of hydrogen-bond acceptors (Lipinski definition) is 2. The van der Waals surface area contributed by atoms with Crippen LogP contribution in [0.4, 0.5) is 0 Å². The van der Waals surface area contributed by atoms with Gasteiger partial charge in [0.05, 0.1) is 0 Å². The van der Waals surface area contributed by atoms with Crippen molar-refractivity contribution in [3.05, 3.63) is 59.7 Å². The fourth-order valence-electron chi connectivity index (χ4n) is 2.05. The van der Waals surface area contributed by atoms with E-state index in [-0.39, 0.29) is 0 Å². The van der Waals surface area contributed by atoms with E-state index in [9.17, 15) is 0 Å². The first kappa shape index (κ1) is 13.6. The lowest BCUT2D eigenvalue weighted by Gasteiger charge is -2.10. The molecule has 0 unspecified atom stereocenters. The Hall–Kier alpha value is -1.80. The Kier molecular flexibility index (Phi) is 4.99. The van der Waals surface area contributed by atoms with Crippen LogP contribution < -0.4 is 10.5 Å². The van der Waals surface area contributed by atoms with Crippen LogP contribution in [-0.2, 0) is 12.8 Å². The molecule has 2 N–H and O–H groups in total. The van der Waals surface area contributed by atoms with E-state index in [1.54, 1.807) is 0 Å². The van der Waals surface area contributed by atoms with Crippen molar-refractivity contribution in [2.45, 2.75) is 26.2 Å². The molecule has 0 fully saturated rings. The Balaban J connectivity index is 2.06. The maximum atomic E-state index is 5.94. The SMILES string of the molecule is CCc1ccccc1Oc1ccc(CCCN)cc1. The minimum Gasteiger partial charge on any atom is -0.457 e. The van der Waals surface area contributed by atoms with Gasteiger partial charge < -0.3 is 10.5 Å². The summed E-state index contributed by atoms with van der Waals surface area (Å²) < 4.78 is 5.94. The smallest absolute Gasteiger partial charge is 0.130 e. The first-order chi connectivity index (χ1) is 9.33. The van der Waals surface area contributed by atoms with E-state index in [0.717, 1.165) is 37.3 Å². The van der Waals surface area contributed by atoms with Gasteiger partial charge in [0.25, 0.3) is 0 Å². The Morgan fingerprint density at radius 2 is 1.74 bits per heavy atom. The minimum absolute atomic E-state index is 0.738. The second-order valence-corrected chi connectivity index (χ2v) is 4.60. The first-order valence-electron chi connectivity index (χ1n) is 6.88. The number of ether oxygens (including phenoxy) is 1. The average molecular weight is 255 g/mol. The summed E-state index contributed by atoms with van der Waals surface area (Å²) in [6.45, 7) is 2.88. The van der Waals surface area contributed by atoms with Crippen molar-refractivity contribution in [1.29, 1.82) is 0 Å². The number of para-hydroxylation sites is 1. The largest absolute Gasteiger partial charge is 0.457 e. The molecule has 0 aromatic heterocycles. The van der Waals surface area contributed by atoms with Crippen LogP contribution in [0.15, 0.2) is 48.5 Å². The molecule has 0 bridgehead atoms. The lowest BCUT2D eigenvalue weighted by Crippen LogP contribution is -2.00. The predicted molar refractivity (Wildman–Crippen MR) is 79.7 cm³/mol. The highest BCUT2D eigenvalue weighted by molar-refractivity contribution is 5.38. The van der Waals surface area contributed by atoms with E-state index in [1.165, 1.54) is 11.1 Å². The zero-order valence-electron chi connectivity index (χ0n) is 11.4. The third-order valence-corrected chi connectivity index (χ3v) is 3.17. The number of hydrogen-bond donors (Lipinski definition) is 1. The second kappa shape index (κ2) is 6.95.